The summed E-state index contributed by atoms with van der Waals surface area (Å²) in [6.07, 6.45) is 2.39. The summed E-state index contributed by atoms with van der Waals surface area (Å²) in [5, 5.41) is 13.3. The highest BCUT2D eigenvalue weighted by atomic mass is 32.2. The molecule has 7 nitrogen and oxygen atoms in total. The van der Waals surface area contributed by atoms with E-state index >= 15 is 0 Å². The van der Waals surface area contributed by atoms with Crippen molar-refractivity contribution in [1.82, 2.24) is 4.31 Å². The van der Waals surface area contributed by atoms with Crippen LogP contribution in [0.2, 0.25) is 0 Å². The summed E-state index contributed by atoms with van der Waals surface area (Å²) in [5.74, 6) is -1.11. The Morgan fingerprint density at radius 2 is 1.90 bits per heavy atom. The number of non-ortho nitro benzene ring substituents is 1. The fourth-order valence-corrected chi connectivity index (χ4v) is 4.11. The topological polar surface area (TPSA) is 92.5 Å². The molecule has 0 amide bonds. The van der Waals surface area contributed by atoms with E-state index in [1.54, 1.807) is 0 Å². The van der Waals surface area contributed by atoms with Crippen LogP contribution in [0.5, 0.6) is 0 Å². The van der Waals surface area contributed by atoms with Crippen LogP contribution in [0.15, 0.2) is 17.0 Å². The van der Waals surface area contributed by atoms with E-state index in [-0.39, 0.29) is 5.69 Å². The van der Waals surface area contributed by atoms with E-state index in [1.165, 1.54) is 11.4 Å². The number of benzene rings is 1. The molecule has 1 N–H and O–H groups in total. The molecular weight excluding hydrogens is 301 g/mol. The van der Waals surface area contributed by atoms with Crippen LogP contribution >= 0.6 is 0 Å². The highest BCUT2D eigenvalue weighted by Gasteiger charge is 2.32. The van der Waals surface area contributed by atoms with Gasteiger partial charge >= 0.3 is 0 Å². The van der Waals surface area contributed by atoms with Gasteiger partial charge in [-0.2, -0.15) is 4.31 Å². The normalized spacial score (nSPS) is 16.7. The van der Waals surface area contributed by atoms with Gasteiger partial charge < -0.3 is 5.32 Å². The lowest BCUT2D eigenvalue weighted by Crippen LogP contribution is -2.36. The molecule has 1 fully saturated rings. The Kier molecular flexibility index (Phi) is 4.43. The molecule has 1 saturated heterocycles. The Labute approximate surface area is 122 Å². The predicted octanol–water partition coefficient (Wildman–Crippen LogP) is 1.95. The van der Waals surface area contributed by atoms with E-state index in [0.29, 0.717) is 19.2 Å². The molecule has 9 heteroatoms. The second-order valence-corrected chi connectivity index (χ2v) is 6.65. The van der Waals surface area contributed by atoms with Crippen LogP contribution in [0.3, 0.4) is 0 Å². The predicted molar refractivity (Wildman–Crippen MR) is 75.2 cm³/mol. The fraction of sp³-hybridized carbons (Fsp3) is 0.500. The number of halogens is 1. The van der Waals surface area contributed by atoms with Gasteiger partial charge in [0.2, 0.25) is 10.0 Å². The third-order valence-corrected chi connectivity index (χ3v) is 5.40. The number of anilines is 1. The minimum absolute atomic E-state index is 0.104. The van der Waals surface area contributed by atoms with Crippen molar-refractivity contribution >= 4 is 21.4 Å². The molecule has 21 heavy (non-hydrogen) atoms. The number of nitro benzene ring substituents is 1. The standard InChI is InChI=1S/C12H16FN3O4S/c1-14-11-8-9(16(17)18)7-10(13)12(11)21(19,20)15-5-3-2-4-6-15/h7-8,14H,2-6H2,1H3. The first-order valence-electron chi connectivity index (χ1n) is 6.53. The van der Waals surface area contributed by atoms with Crippen LogP contribution in [0.1, 0.15) is 19.3 Å². The van der Waals surface area contributed by atoms with Crippen LogP contribution in [0.4, 0.5) is 15.8 Å². The second kappa shape index (κ2) is 5.94. The molecule has 0 spiro atoms. The number of rotatable bonds is 4. The molecule has 0 saturated carbocycles. The molecule has 1 heterocycles. The van der Waals surface area contributed by atoms with Crippen LogP contribution in [-0.2, 0) is 10.0 Å². The summed E-state index contributed by atoms with van der Waals surface area (Å²) < 4.78 is 40.5. The van der Waals surface area contributed by atoms with E-state index in [2.05, 4.69) is 5.32 Å². The number of nitrogens with zero attached hydrogens (tertiary/aromatic N) is 2. The molecule has 0 atom stereocenters. The van der Waals surface area contributed by atoms with Crippen molar-refractivity contribution in [3.8, 4) is 0 Å². The van der Waals surface area contributed by atoms with Crippen LogP contribution in [0, 0.1) is 15.9 Å². The summed E-state index contributed by atoms with van der Waals surface area (Å²) in [5.41, 5.74) is -0.596. The number of hydrogen-bond donors (Lipinski definition) is 1. The van der Waals surface area contributed by atoms with Crippen molar-refractivity contribution in [3.63, 3.8) is 0 Å². The van der Waals surface area contributed by atoms with E-state index < -0.39 is 31.3 Å². The van der Waals surface area contributed by atoms with Gasteiger partial charge in [-0.15, -0.1) is 0 Å². The quantitative estimate of drug-likeness (QED) is 0.677. The third-order valence-electron chi connectivity index (χ3n) is 3.42. The summed E-state index contributed by atoms with van der Waals surface area (Å²) in [6.45, 7) is 0.670. The molecular formula is C12H16FN3O4S. The molecule has 0 aliphatic carbocycles. The minimum atomic E-state index is -4.00. The lowest BCUT2D eigenvalue weighted by atomic mass is 10.2. The largest absolute Gasteiger partial charge is 0.387 e. The Morgan fingerprint density at radius 3 is 2.43 bits per heavy atom. The summed E-state index contributed by atoms with van der Waals surface area (Å²) in [7, 11) is -2.61. The van der Waals surface area contributed by atoms with Gasteiger partial charge in [0.15, 0.2) is 5.82 Å². The Bertz CT molecular complexity index is 657. The first-order chi connectivity index (χ1) is 9.87. The Morgan fingerprint density at radius 1 is 1.29 bits per heavy atom. The number of piperidine rings is 1. The smallest absolute Gasteiger partial charge is 0.274 e. The van der Waals surface area contributed by atoms with Crippen molar-refractivity contribution < 1.29 is 17.7 Å². The van der Waals surface area contributed by atoms with Gasteiger partial charge in [0.1, 0.15) is 4.90 Å². The van der Waals surface area contributed by atoms with Crippen LogP contribution < -0.4 is 5.32 Å². The van der Waals surface area contributed by atoms with Gasteiger partial charge in [-0.3, -0.25) is 10.1 Å². The van der Waals surface area contributed by atoms with Gasteiger partial charge in [0.05, 0.1) is 16.7 Å². The Balaban J connectivity index is 2.54. The second-order valence-electron chi connectivity index (χ2n) is 4.78. The molecule has 0 aromatic heterocycles. The van der Waals surface area contributed by atoms with Gasteiger partial charge in [0.25, 0.3) is 5.69 Å². The molecule has 1 aromatic rings. The summed E-state index contributed by atoms with van der Waals surface area (Å²) in [4.78, 5) is 9.44. The zero-order valence-electron chi connectivity index (χ0n) is 11.5. The SMILES string of the molecule is CNc1cc([N+](=O)[O-])cc(F)c1S(=O)(=O)N1CCCCC1. The van der Waals surface area contributed by atoms with E-state index in [4.69, 9.17) is 0 Å². The van der Waals surface area contributed by atoms with Crippen LogP contribution in [-0.4, -0.2) is 37.8 Å². The van der Waals surface area contributed by atoms with Gasteiger partial charge in [-0.25, -0.2) is 12.8 Å². The molecule has 0 unspecified atom stereocenters. The average Bonchev–Trinajstić information content (AvgIpc) is 2.46. The van der Waals surface area contributed by atoms with Gasteiger partial charge in [0, 0.05) is 26.2 Å². The Hall–Kier alpha value is -1.74. The average molecular weight is 317 g/mol. The maximum absolute atomic E-state index is 14.2. The monoisotopic (exact) mass is 317 g/mol. The van der Waals surface area contributed by atoms with E-state index in [9.17, 15) is 22.9 Å². The summed E-state index contributed by atoms with van der Waals surface area (Å²) in [6, 6.07) is 1.66. The lowest BCUT2D eigenvalue weighted by Gasteiger charge is -2.26. The van der Waals surface area contributed by atoms with Crippen molar-refractivity contribution in [3.05, 3.63) is 28.1 Å². The zero-order valence-corrected chi connectivity index (χ0v) is 12.3. The fourth-order valence-electron chi connectivity index (χ4n) is 2.37. The molecule has 1 aromatic carbocycles. The summed E-state index contributed by atoms with van der Waals surface area (Å²) >= 11 is 0. The number of sulfonamides is 1. The maximum Gasteiger partial charge on any atom is 0.274 e. The maximum atomic E-state index is 14.2. The number of hydrogen-bond acceptors (Lipinski definition) is 5. The molecule has 0 radical (unpaired) electrons. The third kappa shape index (κ3) is 2.98. The van der Waals surface area contributed by atoms with Gasteiger partial charge in [-0.05, 0) is 12.8 Å². The van der Waals surface area contributed by atoms with Crippen molar-refractivity contribution in [1.29, 1.82) is 0 Å². The number of nitro groups is 1. The molecule has 116 valence electrons. The highest BCUT2D eigenvalue weighted by Crippen LogP contribution is 2.32. The molecule has 1 aliphatic rings. The lowest BCUT2D eigenvalue weighted by molar-refractivity contribution is -0.385. The van der Waals surface area contributed by atoms with E-state index in [1.807, 2.05) is 0 Å². The first-order valence-corrected chi connectivity index (χ1v) is 7.97. The van der Waals surface area contributed by atoms with Crippen LogP contribution in [0.25, 0.3) is 0 Å². The van der Waals surface area contributed by atoms with Crippen molar-refractivity contribution in [2.45, 2.75) is 24.2 Å². The molecule has 1 aliphatic heterocycles. The van der Waals surface area contributed by atoms with Gasteiger partial charge in [-0.1, -0.05) is 6.42 Å². The molecule has 0 bridgehead atoms. The first kappa shape index (κ1) is 15.6. The van der Waals surface area contributed by atoms with Crippen molar-refractivity contribution in [2.75, 3.05) is 25.5 Å². The number of nitrogens with one attached hydrogen (secondary N) is 1. The highest BCUT2D eigenvalue weighted by molar-refractivity contribution is 7.89. The van der Waals surface area contributed by atoms with Crippen molar-refractivity contribution in [2.24, 2.45) is 0 Å². The minimum Gasteiger partial charge on any atom is -0.387 e. The van der Waals surface area contributed by atoms with E-state index in [0.717, 1.165) is 25.3 Å². The zero-order chi connectivity index (χ0) is 15.6. The molecule has 2 rings (SSSR count).